The maximum absolute atomic E-state index is 5.19. The lowest BCUT2D eigenvalue weighted by molar-refractivity contribution is 0.292. The first-order valence-corrected chi connectivity index (χ1v) is 4.73. The van der Waals surface area contributed by atoms with Gasteiger partial charge >= 0.3 is 7.12 Å². The fourth-order valence-electron chi connectivity index (χ4n) is 1.70. The summed E-state index contributed by atoms with van der Waals surface area (Å²) < 4.78 is 12.2. The third-order valence-electron chi connectivity index (χ3n) is 2.47. The standard InChI is InChI=1S/C10H13BN2O2/c1-13-10-5-4-9(11(14-2)15-3)6-8(10)7-12-13/h4-7H,1-3H3. The van der Waals surface area contributed by atoms with Gasteiger partial charge in [0.1, 0.15) is 0 Å². The van der Waals surface area contributed by atoms with Gasteiger partial charge in [-0.25, -0.2) is 0 Å². The first kappa shape index (κ1) is 10.2. The van der Waals surface area contributed by atoms with E-state index >= 15 is 0 Å². The largest absolute Gasteiger partial charge is 0.493 e. The average Bonchev–Trinajstić information content (AvgIpc) is 2.62. The molecule has 0 atom stereocenters. The summed E-state index contributed by atoms with van der Waals surface area (Å²) in [5.41, 5.74) is 2.10. The third kappa shape index (κ3) is 1.76. The van der Waals surface area contributed by atoms with Crippen LogP contribution in [0.25, 0.3) is 10.9 Å². The molecule has 0 N–H and O–H groups in total. The van der Waals surface area contributed by atoms with Crippen LogP contribution in [0.4, 0.5) is 0 Å². The minimum absolute atomic E-state index is 0.311. The van der Waals surface area contributed by atoms with Gasteiger partial charge in [0.15, 0.2) is 0 Å². The highest BCUT2D eigenvalue weighted by molar-refractivity contribution is 6.61. The molecule has 0 fully saturated rings. The van der Waals surface area contributed by atoms with E-state index in [0.29, 0.717) is 0 Å². The number of fused-ring (bicyclic) bond motifs is 1. The van der Waals surface area contributed by atoms with Crippen LogP contribution < -0.4 is 5.46 Å². The van der Waals surface area contributed by atoms with Gasteiger partial charge in [-0.2, -0.15) is 5.10 Å². The quantitative estimate of drug-likeness (QED) is 0.685. The lowest BCUT2D eigenvalue weighted by Crippen LogP contribution is -2.34. The van der Waals surface area contributed by atoms with Crippen LogP contribution >= 0.6 is 0 Å². The molecule has 0 aliphatic heterocycles. The number of aromatic nitrogens is 2. The van der Waals surface area contributed by atoms with Crippen LogP contribution in [0, 0.1) is 0 Å². The van der Waals surface area contributed by atoms with Crippen molar-refractivity contribution >= 4 is 23.5 Å². The maximum atomic E-state index is 5.19. The number of nitrogens with zero attached hydrogens (tertiary/aromatic N) is 2. The van der Waals surface area contributed by atoms with Crippen LogP contribution in [0.15, 0.2) is 24.4 Å². The molecule has 5 heteroatoms. The highest BCUT2D eigenvalue weighted by Crippen LogP contribution is 2.10. The van der Waals surface area contributed by atoms with Crippen molar-refractivity contribution in [1.29, 1.82) is 0 Å². The van der Waals surface area contributed by atoms with E-state index in [4.69, 9.17) is 9.31 Å². The molecule has 0 saturated heterocycles. The SMILES string of the molecule is COB(OC)c1ccc2c(cnn2C)c1. The van der Waals surface area contributed by atoms with Crippen LogP contribution in [0.3, 0.4) is 0 Å². The normalized spacial score (nSPS) is 10.9. The number of rotatable bonds is 3. The van der Waals surface area contributed by atoms with Crippen molar-refractivity contribution < 1.29 is 9.31 Å². The van der Waals surface area contributed by atoms with Gasteiger partial charge in [-0.3, -0.25) is 4.68 Å². The van der Waals surface area contributed by atoms with E-state index in [1.165, 1.54) is 0 Å². The molecule has 2 rings (SSSR count). The van der Waals surface area contributed by atoms with E-state index in [9.17, 15) is 0 Å². The van der Waals surface area contributed by atoms with Gasteiger partial charge in [0.2, 0.25) is 0 Å². The molecule has 0 radical (unpaired) electrons. The molecule has 15 heavy (non-hydrogen) atoms. The number of hydrogen-bond donors (Lipinski definition) is 0. The molecule has 0 aliphatic rings. The van der Waals surface area contributed by atoms with Crippen molar-refractivity contribution in [2.24, 2.45) is 7.05 Å². The van der Waals surface area contributed by atoms with Gasteiger partial charge in [0.05, 0.1) is 11.7 Å². The minimum Gasteiger partial charge on any atom is -0.410 e. The second-order valence-corrected chi connectivity index (χ2v) is 3.39. The zero-order valence-corrected chi connectivity index (χ0v) is 9.10. The zero-order chi connectivity index (χ0) is 10.8. The summed E-state index contributed by atoms with van der Waals surface area (Å²) in [4.78, 5) is 0. The summed E-state index contributed by atoms with van der Waals surface area (Å²) in [6.07, 6.45) is 1.83. The van der Waals surface area contributed by atoms with Crippen LogP contribution in [-0.2, 0) is 16.4 Å². The lowest BCUT2D eigenvalue weighted by atomic mass is 9.78. The summed E-state index contributed by atoms with van der Waals surface area (Å²) in [6, 6.07) is 6.03. The van der Waals surface area contributed by atoms with Gasteiger partial charge in [-0.1, -0.05) is 12.1 Å². The van der Waals surface area contributed by atoms with Crippen molar-refractivity contribution in [2.45, 2.75) is 0 Å². The lowest BCUT2D eigenvalue weighted by Gasteiger charge is -2.08. The van der Waals surface area contributed by atoms with Crippen LogP contribution in [0.2, 0.25) is 0 Å². The van der Waals surface area contributed by atoms with Crippen LogP contribution in [0.5, 0.6) is 0 Å². The van der Waals surface area contributed by atoms with Crippen molar-refractivity contribution in [3.05, 3.63) is 24.4 Å². The van der Waals surface area contributed by atoms with E-state index in [1.807, 2.05) is 36.1 Å². The number of aryl methyl sites for hydroxylation is 1. The van der Waals surface area contributed by atoms with E-state index in [2.05, 4.69) is 5.10 Å². The predicted octanol–water partition coefficient (Wildman–Crippen LogP) is 0.561. The van der Waals surface area contributed by atoms with Gasteiger partial charge in [0.25, 0.3) is 0 Å². The molecule has 0 amide bonds. The highest BCUT2D eigenvalue weighted by atomic mass is 16.6. The second-order valence-electron chi connectivity index (χ2n) is 3.39. The predicted molar refractivity (Wildman–Crippen MR) is 60.1 cm³/mol. The third-order valence-corrected chi connectivity index (χ3v) is 2.47. The molecule has 1 aromatic heterocycles. The topological polar surface area (TPSA) is 36.3 Å². The van der Waals surface area contributed by atoms with Gasteiger partial charge in [-0.15, -0.1) is 0 Å². The van der Waals surface area contributed by atoms with E-state index < -0.39 is 0 Å². The molecule has 0 unspecified atom stereocenters. The Balaban J connectivity index is 2.46. The highest BCUT2D eigenvalue weighted by Gasteiger charge is 2.18. The first-order valence-electron chi connectivity index (χ1n) is 4.73. The van der Waals surface area contributed by atoms with Crippen molar-refractivity contribution in [3.63, 3.8) is 0 Å². The van der Waals surface area contributed by atoms with Crippen molar-refractivity contribution in [1.82, 2.24) is 9.78 Å². The molecular weight excluding hydrogens is 191 g/mol. The Morgan fingerprint density at radius 3 is 2.67 bits per heavy atom. The van der Waals surface area contributed by atoms with Gasteiger partial charge in [-0.05, 0) is 11.5 Å². The Morgan fingerprint density at radius 1 is 1.27 bits per heavy atom. The Labute approximate surface area is 88.9 Å². The Hall–Kier alpha value is -1.33. The monoisotopic (exact) mass is 204 g/mol. The fourth-order valence-corrected chi connectivity index (χ4v) is 1.70. The second kappa shape index (κ2) is 4.04. The fraction of sp³-hybridized carbons (Fsp3) is 0.300. The summed E-state index contributed by atoms with van der Waals surface area (Å²) >= 11 is 0. The van der Waals surface area contributed by atoms with Crippen LogP contribution in [-0.4, -0.2) is 31.1 Å². The van der Waals surface area contributed by atoms with E-state index in [0.717, 1.165) is 16.4 Å². The van der Waals surface area contributed by atoms with E-state index in [-0.39, 0.29) is 7.12 Å². The zero-order valence-electron chi connectivity index (χ0n) is 9.10. The van der Waals surface area contributed by atoms with E-state index in [1.54, 1.807) is 14.2 Å². The number of benzene rings is 1. The summed E-state index contributed by atoms with van der Waals surface area (Å²) in [5.74, 6) is 0. The van der Waals surface area contributed by atoms with Crippen molar-refractivity contribution in [2.75, 3.05) is 14.2 Å². The summed E-state index contributed by atoms with van der Waals surface area (Å²) in [7, 11) is 4.87. The molecule has 1 heterocycles. The summed E-state index contributed by atoms with van der Waals surface area (Å²) in [5, 5.41) is 5.27. The molecule has 2 aromatic rings. The molecular formula is C10H13BN2O2. The smallest absolute Gasteiger partial charge is 0.410 e. The average molecular weight is 204 g/mol. The summed E-state index contributed by atoms with van der Waals surface area (Å²) in [6.45, 7) is 0. The molecule has 4 nitrogen and oxygen atoms in total. The van der Waals surface area contributed by atoms with Crippen molar-refractivity contribution in [3.8, 4) is 0 Å². The Bertz CT molecular complexity index is 465. The Morgan fingerprint density at radius 2 is 2.00 bits per heavy atom. The maximum Gasteiger partial charge on any atom is 0.493 e. The van der Waals surface area contributed by atoms with Crippen LogP contribution in [0.1, 0.15) is 0 Å². The van der Waals surface area contributed by atoms with Gasteiger partial charge in [0, 0.05) is 26.7 Å². The molecule has 0 aliphatic carbocycles. The molecule has 0 bridgehead atoms. The first-order chi connectivity index (χ1) is 7.26. The minimum atomic E-state index is -0.311. The number of hydrogen-bond acceptors (Lipinski definition) is 3. The molecule has 0 saturated carbocycles. The molecule has 78 valence electrons. The Kier molecular flexibility index (Phi) is 2.75. The molecule has 1 aromatic carbocycles. The van der Waals surface area contributed by atoms with Gasteiger partial charge < -0.3 is 9.31 Å². The molecule has 0 spiro atoms.